The third kappa shape index (κ3) is 3.92. The number of carbonyl (C=O) groups is 1. The monoisotopic (exact) mass is 341 g/mol. The van der Waals surface area contributed by atoms with Crippen LogP contribution in [0.4, 0.5) is 20.6 Å². The number of benzene rings is 2. The van der Waals surface area contributed by atoms with E-state index in [1.54, 1.807) is 24.0 Å². The molecule has 25 heavy (non-hydrogen) atoms. The van der Waals surface area contributed by atoms with Crippen molar-refractivity contribution in [3.8, 4) is 0 Å². The van der Waals surface area contributed by atoms with E-state index in [1.807, 2.05) is 0 Å². The van der Waals surface area contributed by atoms with E-state index in [2.05, 4.69) is 48.3 Å². The topological polar surface area (TPSA) is 35.6 Å². The minimum Gasteiger partial charge on any atom is -0.365 e. The van der Waals surface area contributed by atoms with Gasteiger partial charge in [0.1, 0.15) is 5.82 Å². The van der Waals surface area contributed by atoms with E-state index in [4.69, 9.17) is 0 Å². The predicted octanol–water partition coefficient (Wildman–Crippen LogP) is 4.19. The predicted molar refractivity (Wildman–Crippen MR) is 99.7 cm³/mol. The summed E-state index contributed by atoms with van der Waals surface area (Å²) in [7, 11) is 0. The summed E-state index contributed by atoms with van der Waals surface area (Å²) in [4.78, 5) is 16.6. The number of anilines is 2. The number of hydrogen-bond donors (Lipinski definition) is 1. The molecule has 1 aliphatic heterocycles. The third-order valence-corrected chi connectivity index (χ3v) is 4.67. The first-order chi connectivity index (χ1) is 11.9. The highest BCUT2D eigenvalue weighted by Gasteiger charge is 2.27. The summed E-state index contributed by atoms with van der Waals surface area (Å²) in [6.45, 7) is 7.95. The number of halogens is 1. The molecule has 4 nitrogen and oxygen atoms in total. The van der Waals surface area contributed by atoms with Crippen molar-refractivity contribution in [1.82, 2.24) is 4.90 Å². The van der Waals surface area contributed by atoms with Crippen LogP contribution in [0.25, 0.3) is 0 Å². The van der Waals surface area contributed by atoms with Gasteiger partial charge in [-0.1, -0.05) is 18.2 Å². The van der Waals surface area contributed by atoms with Gasteiger partial charge in [-0.15, -0.1) is 0 Å². The van der Waals surface area contributed by atoms with Gasteiger partial charge in [0.15, 0.2) is 0 Å². The van der Waals surface area contributed by atoms with Gasteiger partial charge in [-0.3, -0.25) is 0 Å². The number of piperazine rings is 1. The molecule has 132 valence electrons. The first-order valence-electron chi connectivity index (χ1n) is 8.59. The minimum absolute atomic E-state index is 0.181. The smallest absolute Gasteiger partial charge is 0.321 e. The standard InChI is InChI=1S/C20H24FN3O/c1-14-5-4-6-18(11-14)24-10-9-23(13-16(24)3)20(25)22-17-8-7-15(2)19(21)12-17/h4-8,11-12,16H,9-10,13H2,1-3H3,(H,22,25)/t16-/m0/s1. The van der Waals surface area contributed by atoms with Crippen molar-refractivity contribution in [2.45, 2.75) is 26.8 Å². The molecule has 0 aromatic heterocycles. The Balaban J connectivity index is 1.64. The molecule has 5 heteroatoms. The lowest BCUT2D eigenvalue weighted by molar-refractivity contribution is 0.200. The highest BCUT2D eigenvalue weighted by molar-refractivity contribution is 5.89. The summed E-state index contributed by atoms with van der Waals surface area (Å²) >= 11 is 0. The Hall–Kier alpha value is -2.56. The van der Waals surface area contributed by atoms with Crippen LogP contribution in [0.1, 0.15) is 18.1 Å². The van der Waals surface area contributed by atoms with Crippen LogP contribution in [-0.4, -0.2) is 36.6 Å². The molecule has 1 N–H and O–H groups in total. The van der Waals surface area contributed by atoms with Crippen molar-refractivity contribution in [2.75, 3.05) is 29.9 Å². The number of amides is 2. The number of hydrogen-bond acceptors (Lipinski definition) is 2. The van der Waals surface area contributed by atoms with Crippen molar-refractivity contribution in [3.05, 3.63) is 59.4 Å². The van der Waals surface area contributed by atoms with E-state index >= 15 is 0 Å². The summed E-state index contributed by atoms with van der Waals surface area (Å²) in [5.41, 5.74) is 3.47. The summed E-state index contributed by atoms with van der Waals surface area (Å²) in [6.07, 6.45) is 0. The second kappa shape index (κ2) is 7.13. The van der Waals surface area contributed by atoms with Crippen LogP contribution >= 0.6 is 0 Å². The van der Waals surface area contributed by atoms with Gasteiger partial charge in [0.2, 0.25) is 0 Å². The molecule has 1 aliphatic rings. The molecule has 0 spiro atoms. The number of carbonyl (C=O) groups excluding carboxylic acids is 1. The van der Waals surface area contributed by atoms with E-state index < -0.39 is 0 Å². The van der Waals surface area contributed by atoms with Crippen LogP contribution in [0.2, 0.25) is 0 Å². The molecule has 2 aromatic rings. The normalized spacial score (nSPS) is 17.5. The lowest BCUT2D eigenvalue weighted by atomic mass is 10.1. The molecule has 1 heterocycles. The molecule has 1 saturated heterocycles. The fraction of sp³-hybridized carbons (Fsp3) is 0.350. The Morgan fingerprint density at radius 2 is 1.96 bits per heavy atom. The Morgan fingerprint density at radius 1 is 1.16 bits per heavy atom. The van der Waals surface area contributed by atoms with Crippen LogP contribution in [0.5, 0.6) is 0 Å². The molecule has 2 aromatic carbocycles. The second-order valence-electron chi connectivity index (χ2n) is 6.72. The molecule has 3 rings (SSSR count). The van der Waals surface area contributed by atoms with E-state index in [1.165, 1.54) is 17.3 Å². The zero-order chi connectivity index (χ0) is 18.0. The number of nitrogens with one attached hydrogen (secondary N) is 1. The first-order valence-corrected chi connectivity index (χ1v) is 8.59. The van der Waals surface area contributed by atoms with E-state index in [0.717, 1.165) is 6.54 Å². The molecule has 0 bridgehead atoms. The second-order valence-corrected chi connectivity index (χ2v) is 6.72. The number of urea groups is 1. The van der Waals surface area contributed by atoms with E-state index in [-0.39, 0.29) is 17.9 Å². The molecule has 1 fully saturated rings. The van der Waals surface area contributed by atoms with Gasteiger partial charge in [-0.2, -0.15) is 0 Å². The fourth-order valence-electron chi connectivity index (χ4n) is 3.21. The highest BCUT2D eigenvalue weighted by Crippen LogP contribution is 2.22. The van der Waals surface area contributed by atoms with Gasteiger partial charge >= 0.3 is 6.03 Å². The average Bonchev–Trinajstić information content (AvgIpc) is 2.58. The maximum absolute atomic E-state index is 13.6. The lowest BCUT2D eigenvalue weighted by Crippen LogP contribution is -2.54. The first kappa shape index (κ1) is 17.3. The van der Waals surface area contributed by atoms with Crippen LogP contribution < -0.4 is 10.2 Å². The Morgan fingerprint density at radius 3 is 2.64 bits per heavy atom. The molecular formula is C20H24FN3O. The molecule has 0 aliphatic carbocycles. The van der Waals surface area contributed by atoms with E-state index in [0.29, 0.717) is 24.3 Å². The molecule has 1 atom stereocenters. The van der Waals surface area contributed by atoms with Crippen molar-refractivity contribution >= 4 is 17.4 Å². The molecule has 0 radical (unpaired) electrons. The van der Waals surface area contributed by atoms with Gasteiger partial charge in [-0.25, -0.2) is 9.18 Å². The largest absolute Gasteiger partial charge is 0.365 e. The fourth-order valence-corrected chi connectivity index (χ4v) is 3.21. The Kier molecular flexibility index (Phi) is 4.93. The molecule has 0 unspecified atom stereocenters. The number of nitrogens with zero attached hydrogens (tertiary/aromatic N) is 2. The summed E-state index contributed by atoms with van der Waals surface area (Å²) in [6, 6.07) is 13.2. The maximum Gasteiger partial charge on any atom is 0.321 e. The van der Waals surface area contributed by atoms with Crippen molar-refractivity contribution in [1.29, 1.82) is 0 Å². The van der Waals surface area contributed by atoms with Crippen LogP contribution in [0.15, 0.2) is 42.5 Å². The Bertz CT molecular complexity index is 777. The zero-order valence-electron chi connectivity index (χ0n) is 14.9. The van der Waals surface area contributed by atoms with Crippen molar-refractivity contribution in [3.63, 3.8) is 0 Å². The third-order valence-electron chi connectivity index (χ3n) is 4.67. The number of aryl methyl sites for hydroxylation is 2. The molecule has 0 saturated carbocycles. The number of rotatable bonds is 2. The molecular weight excluding hydrogens is 317 g/mol. The van der Waals surface area contributed by atoms with E-state index in [9.17, 15) is 9.18 Å². The quantitative estimate of drug-likeness (QED) is 0.889. The van der Waals surface area contributed by atoms with Gasteiger partial charge in [0.05, 0.1) is 0 Å². The van der Waals surface area contributed by atoms with Crippen molar-refractivity contribution in [2.24, 2.45) is 0 Å². The zero-order valence-corrected chi connectivity index (χ0v) is 14.9. The van der Waals surface area contributed by atoms with Gasteiger partial charge in [0.25, 0.3) is 0 Å². The highest BCUT2D eigenvalue weighted by atomic mass is 19.1. The SMILES string of the molecule is Cc1cccc(N2CCN(C(=O)Nc3ccc(C)c(F)c3)C[C@@H]2C)c1. The average molecular weight is 341 g/mol. The van der Waals surface area contributed by atoms with Crippen LogP contribution in [-0.2, 0) is 0 Å². The van der Waals surface area contributed by atoms with Gasteiger partial charge < -0.3 is 15.1 Å². The minimum atomic E-state index is -0.310. The van der Waals surface area contributed by atoms with Crippen LogP contribution in [0.3, 0.4) is 0 Å². The lowest BCUT2D eigenvalue weighted by Gasteiger charge is -2.41. The summed E-state index contributed by atoms with van der Waals surface area (Å²) in [5.74, 6) is -0.310. The van der Waals surface area contributed by atoms with Gasteiger partial charge in [0, 0.05) is 37.1 Å². The Labute approximate surface area is 148 Å². The maximum atomic E-state index is 13.6. The molecule has 2 amide bonds. The summed E-state index contributed by atoms with van der Waals surface area (Å²) < 4.78 is 13.6. The van der Waals surface area contributed by atoms with Gasteiger partial charge in [-0.05, 0) is 56.2 Å². The summed E-state index contributed by atoms with van der Waals surface area (Å²) in [5, 5.41) is 2.79. The van der Waals surface area contributed by atoms with Crippen LogP contribution in [0, 0.1) is 19.7 Å². The van der Waals surface area contributed by atoms with Crippen molar-refractivity contribution < 1.29 is 9.18 Å².